The van der Waals surface area contributed by atoms with E-state index in [0.29, 0.717) is 34.1 Å². The number of sulfonamides is 1. The number of aryl methyl sites for hydroxylation is 1. The van der Waals surface area contributed by atoms with Gasteiger partial charge in [-0.2, -0.15) is 0 Å². The summed E-state index contributed by atoms with van der Waals surface area (Å²) in [6, 6.07) is 19.1. The summed E-state index contributed by atoms with van der Waals surface area (Å²) in [4.78, 5) is 28.2. The van der Waals surface area contributed by atoms with Crippen molar-refractivity contribution in [2.45, 2.75) is 44.2 Å². The molecule has 0 saturated heterocycles. The van der Waals surface area contributed by atoms with E-state index in [0.717, 1.165) is 9.87 Å². The lowest BCUT2D eigenvalue weighted by Crippen LogP contribution is -2.51. The van der Waals surface area contributed by atoms with Crippen LogP contribution in [0.1, 0.15) is 31.4 Å². The lowest BCUT2D eigenvalue weighted by atomic mass is 10.1. The second-order valence-corrected chi connectivity index (χ2v) is 11.3. The van der Waals surface area contributed by atoms with Gasteiger partial charge in [-0.1, -0.05) is 79.5 Å². The summed E-state index contributed by atoms with van der Waals surface area (Å²) in [6.45, 7) is 3.19. The number of anilines is 1. The molecule has 3 aromatic rings. The number of carbonyl (C=O) groups excluding carboxylic acids is 2. The number of carbonyl (C=O) groups is 2. The van der Waals surface area contributed by atoms with E-state index in [2.05, 4.69) is 5.32 Å². The van der Waals surface area contributed by atoms with Gasteiger partial charge in [-0.05, 0) is 54.3 Å². The molecule has 0 heterocycles. The summed E-state index contributed by atoms with van der Waals surface area (Å²) in [7, 11) is -2.63. The molecule has 3 aromatic carbocycles. The zero-order valence-corrected chi connectivity index (χ0v) is 23.9. The Hall–Kier alpha value is -3.07. The van der Waals surface area contributed by atoms with Gasteiger partial charge in [0.05, 0.1) is 10.6 Å². The average Bonchev–Trinajstić information content (AvgIpc) is 2.92. The van der Waals surface area contributed by atoms with Gasteiger partial charge < -0.3 is 10.2 Å². The number of para-hydroxylation sites is 1. The van der Waals surface area contributed by atoms with E-state index in [-0.39, 0.29) is 17.3 Å². The predicted molar refractivity (Wildman–Crippen MR) is 152 cm³/mol. The molecule has 7 nitrogen and oxygen atoms in total. The molecule has 1 unspecified atom stereocenters. The molecule has 2 amide bonds. The first-order valence-corrected chi connectivity index (χ1v) is 14.4. The van der Waals surface area contributed by atoms with Gasteiger partial charge in [0, 0.05) is 23.6 Å². The van der Waals surface area contributed by atoms with Gasteiger partial charge in [0.1, 0.15) is 12.6 Å². The van der Waals surface area contributed by atoms with E-state index in [9.17, 15) is 18.0 Å². The van der Waals surface area contributed by atoms with Crippen LogP contribution in [-0.2, 0) is 32.6 Å². The summed E-state index contributed by atoms with van der Waals surface area (Å²) >= 11 is 12.5. The Morgan fingerprint density at radius 1 is 0.921 bits per heavy atom. The molecular formula is C28H31Cl2N3O4S. The van der Waals surface area contributed by atoms with Crippen LogP contribution < -0.4 is 9.62 Å². The largest absolute Gasteiger partial charge is 0.357 e. The number of halogens is 2. The highest BCUT2D eigenvalue weighted by Gasteiger charge is 2.34. The van der Waals surface area contributed by atoms with Crippen molar-refractivity contribution in [1.82, 2.24) is 10.2 Å². The Kier molecular flexibility index (Phi) is 10.2. The standard InChI is InChI=1S/C28H31Cl2N3O4S/c1-4-20-11-9-10-14-26(20)33(38(36,37)23-12-7-6-8-13-23)19-27(34)32(25(5-2)28(35)31-3)18-21-15-16-22(29)17-24(21)30/h6-17,25H,4-5,18-19H2,1-3H3,(H,31,35). The minimum atomic E-state index is -4.12. The average molecular weight is 577 g/mol. The molecule has 0 aliphatic rings. The smallest absolute Gasteiger partial charge is 0.264 e. The maximum Gasteiger partial charge on any atom is 0.264 e. The number of hydrogen-bond donors (Lipinski definition) is 1. The molecule has 0 spiro atoms. The van der Waals surface area contributed by atoms with Crippen LogP contribution in [0.3, 0.4) is 0 Å². The molecule has 1 N–H and O–H groups in total. The third kappa shape index (κ3) is 6.67. The molecule has 38 heavy (non-hydrogen) atoms. The Morgan fingerprint density at radius 3 is 2.18 bits per heavy atom. The topological polar surface area (TPSA) is 86.8 Å². The second kappa shape index (κ2) is 13.1. The SMILES string of the molecule is CCc1ccccc1N(CC(=O)N(Cc1ccc(Cl)cc1Cl)C(CC)C(=O)NC)S(=O)(=O)c1ccccc1. The van der Waals surface area contributed by atoms with Crippen LogP contribution in [0.2, 0.25) is 10.0 Å². The van der Waals surface area contributed by atoms with Crippen LogP contribution in [0.15, 0.2) is 77.7 Å². The van der Waals surface area contributed by atoms with Gasteiger partial charge in [-0.3, -0.25) is 13.9 Å². The van der Waals surface area contributed by atoms with E-state index in [1.807, 2.05) is 19.1 Å². The fourth-order valence-electron chi connectivity index (χ4n) is 4.21. The number of amides is 2. The van der Waals surface area contributed by atoms with Gasteiger partial charge in [0.15, 0.2) is 0 Å². The summed E-state index contributed by atoms with van der Waals surface area (Å²) in [5.41, 5.74) is 1.76. The Morgan fingerprint density at radius 2 is 1.58 bits per heavy atom. The first kappa shape index (κ1) is 29.5. The highest BCUT2D eigenvalue weighted by Crippen LogP contribution is 2.29. The van der Waals surface area contributed by atoms with Crippen molar-refractivity contribution < 1.29 is 18.0 Å². The maximum absolute atomic E-state index is 14.0. The second-order valence-electron chi connectivity index (χ2n) is 8.60. The van der Waals surface area contributed by atoms with Crippen molar-refractivity contribution in [3.63, 3.8) is 0 Å². The third-order valence-corrected chi connectivity index (χ3v) is 8.60. The normalized spacial score (nSPS) is 12.0. The monoisotopic (exact) mass is 575 g/mol. The molecule has 1 atom stereocenters. The van der Waals surface area contributed by atoms with Crippen molar-refractivity contribution >= 4 is 50.7 Å². The summed E-state index contributed by atoms with van der Waals surface area (Å²) in [5, 5.41) is 3.38. The quantitative estimate of drug-likeness (QED) is 0.336. The number of hydrogen-bond acceptors (Lipinski definition) is 4. The predicted octanol–water partition coefficient (Wildman–Crippen LogP) is 5.30. The molecule has 0 aromatic heterocycles. The minimum absolute atomic E-state index is 0.00455. The van der Waals surface area contributed by atoms with Crippen LogP contribution in [0.4, 0.5) is 5.69 Å². The van der Waals surface area contributed by atoms with Gasteiger partial charge in [-0.15, -0.1) is 0 Å². The Bertz CT molecular complexity index is 1380. The fraction of sp³-hybridized carbons (Fsp3) is 0.286. The lowest BCUT2D eigenvalue weighted by Gasteiger charge is -2.33. The van der Waals surface area contributed by atoms with Gasteiger partial charge in [0.25, 0.3) is 10.0 Å². The minimum Gasteiger partial charge on any atom is -0.357 e. The van der Waals surface area contributed by atoms with E-state index in [1.54, 1.807) is 55.5 Å². The highest BCUT2D eigenvalue weighted by atomic mass is 35.5. The van der Waals surface area contributed by atoms with Crippen molar-refractivity contribution in [3.8, 4) is 0 Å². The maximum atomic E-state index is 14.0. The van der Waals surface area contributed by atoms with Crippen LogP contribution >= 0.6 is 23.2 Å². The molecule has 10 heteroatoms. The van der Waals surface area contributed by atoms with Crippen molar-refractivity contribution in [3.05, 3.63) is 94.0 Å². The van der Waals surface area contributed by atoms with E-state index < -0.39 is 28.5 Å². The van der Waals surface area contributed by atoms with Crippen molar-refractivity contribution in [2.75, 3.05) is 17.9 Å². The number of likely N-dealkylation sites (N-methyl/N-ethyl adjacent to an activating group) is 1. The highest BCUT2D eigenvalue weighted by molar-refractivity contribution is 7.92. The summed E-state index contributed by atoms with van der Waals surface area (Å²) in [5.74, 6) is -0.908. The number of nitrogens with one attached hydrogen (secondary N) is 1. The number of rotatable bonds is 11. The third-order valence-electron chi connectivity index (χ3n) is 6.24. The molecule has 0 aliphatic heterocycles. The van der Waals surface area contributed by atoms with E-state index in [4.69, 9.17) is 23.2 Å². The number of nitrogens with zero attached hydrogens (tertiary/aromatic N) is 2. The van der Waals surface area contributed by atoms with Crippen LogP contribution in [0.25, 0.3) is 0 Å². The van der Waals surface area contributed by atoms with Crippen LogP contribution in [-0.4, -0.2) is 44.8 Å². The zero-order chi connectivity index (χ0) is 27.9. The van der Waals surface area contributed by atoms with E-state index in [1.165, 1.54) is 24.1 Å². The number of benzene rings is 3. The lowest BCUT2D eigenvalue weighted by molar-refractivity contribution is -0.140. The Balaban J connectivity index is 2.10. The Labute approximate surface area is 234 Å². The summed E-state index contributed by atoms with van der Waals surface area (Å²) < 4.78 is 28.9. The van der Waals surface area contributed by atoms with Gasteiger partial charge >= 0.3 is 0 Å². The summed E-state index contributed by atoms with van der Waals surface area (Å²) in [6.07, 6.45) is 0.874. The van der Waals surface area contributed by atoms with Gasteiger partial charge in [0.2, 0.25) is 11.8 Å². The van der Waals surface area contributed by atoms with Crippen molar-refractivity contribution in [2.24, 2.45) is 0 Å². The molecular weight excluding hydrogens is 545 g/mol. The van der Waals surface area contributed by atoms with Crippen LogP contribution in [0.5, 0.6) is 0 Å². The molecule has 0 saturated carbocycles. The van der Waals surface area contributed by atoms with E-state index >= 15 is 0 Å². The first-order valence-electron chi connectivity index (χ1n) is 12.2. The van der Waals surface area contributed by atoms with Crippen LogP contribution in [0, 0.1) is 0 Å². The molecule has 202 valence electrons. The zero-order valence-electron chi connectivity index (χ0n) is 21.5. The van der Waals surface area contributed by atoms with Crippen molar-refractivity contribution in [1.29, 1.82) is 0 Å². The first-order chi connectivity index (χ1) is 18.1. The fourth-order valence-corrected chi connectivity index (χ4v) is 6.15. The molecule has 0 aliphatic carbocycles. The van der Waals surface area contributed by atoms with Gasteiger partial charge in [-0.25, -0.2) is 8.42 Å². The molecule has 3 rings (SSSR count). The molecule has 0 radical (unpaired) electrons. The molecule has 0 fully saturated rings. The molecule has 0 bridgehead atoms.